The summed E-state index contributed by atoms with van der Waals surface area (Å²) in [6.07, 6.45) is 1.51. The molecule has 0 radical (unpaired) electrons. The highest BCUT2D eigenvalue weighted by atomic mass is 16.5. The minimum atomic E-state index is -0.0751. The molecular formula is C13H13N3O2. The van der Waals surface area contributed by atoms with Gasteiger partial charge in [-0.25, -0.2) is 4.98 Å². The first kappa shape index (κ1) is 12.1. The van der Waals surface area contributed by atoms with Crippen molar-refractivity contribution in [2.45, 2.75) is 6.61 Å². The number of aliphatic hydroxyl groups is 1. The zero-order chi connectivity index (χ0) is 13.0. The maximum Gasteiger partial charge on any atom is 0.145 e. The highest BCUT2D eigenvalue weighted by Crippen LogP contribution is 2.20. The van der Waals surface area contributed by atoms with Crippen LogP contribution in [0.1, 0.15) is 11.3 Å². The highest BCUT2D eigenvalue weighted by Gasteiger charge is 2.01. The second-order valence-electron chi connectivity index (χ2n) is 3.70. The van der Waals surface area contributed by atoms with E-state index in [1.54, 1.807) is 36.4 Å². The van der Waals surface area contributed by atoms with Crippen LogP contribution in [0.2, 0.25) is 0 Å². The molecule has 4 N–H and O–H groups in total. The zero-order valence-electron chi connectivity index (χ0n) is 9.63. The Balaban J connectivity index is 2.10. The van der Waals surface area contributed by atoms with Crippen LogP contribution in [-0.4, -0.2) is 15.9 Å². The molecule has 0 bridgehead atoms. The molecule has 0 saturated heterocycles. The second-order valence-corrected chi connectivity index (χ2v) is 3.70. The van der Waals surface area contributed by atoms with Gasteiger partial charge in [-0.1, -0.05) is 12.1 Å². The van der Waals surface area contributed by atoms with Crippen LogP contribution < -0.4 is 10.5 Å². The third-order valence-electron chi connectivity index (χ3n) is 2.35. The van der Waals surface area contributed by atoms with Crippen LogP contribution in [0.25, 0.3) is 0 Å². The van der Waals surface area contributed by atoms with Gasteiger partial charge in [0.05, 0.1) is 12.8 Å². The van der Waals surface area contributed by atoms with Gasteiger partial charge in [-0.15, -0.1) is 0 Å². The third kappa shape index (κ3) is 2.83. The number of amidine groups is 1. The largest absolute Gasteiger partial charge is 0.456 e. The van der Waals surface area contributed by atoms with E-state index < -0.39 is 0 Å². The molecular weight excluding hydrogens is 230 g/mol. The molecule has 0 unspecified atom stereocenters. The fraction of sp³-hybridized carbons (Fsp3) is 0.0769. The fourth-order valence-electron chi connectivity index (χ4n) is 1.40. The predicted octanol–water partition coefficient (Wildman–Crippen LogP) is 1.65. The van der Waals surface area contributed by atoms with Crippen LogP contribution in [0.15, 0.2) is 42.6 Å². The summed E-state index contributed by atoms with van der Waals surface area (Å²) in [6.45, 7) is 0.00907. The molecule has 0 saturated carbocycles. The van der Waals surface area contributed by atoms with Crippen LogP contribution in [0.4, 0.5) is 0 Å². The highest BCUT2D eigenvalue weighted by molar-refractivity contribution is 5.92. The quantitative estimate of drug-likeness (QED) is 0.562. The van der Waals surface area contributed by atoms with E-state index >= 15 is 0 Å². The van der Waals surface area contributed by atoms with Gasteiger partial charge in [0, 0.05) is 0 Å². The molecule has 2 aromatic rings. The number of rotatable bonds is 4. The molecule has 0 spiro atoms. The lowest BCUT2D eigenvalue weighted by Crippen LogP contribution is -2.12. The maximum atomic E-state index is 8.92. The average molecular weight is 243 g/mol. The summed E-state index contributed by atoms with van der Waals surface area (Å²) in [4.78, 5) is 3.99. The van der Waals surface area contributed by atoms with Crippen molar-refractivity contribution in [1.29, 1.82) is 5.41 Å². The molecule has 0 aliphatic heterocycles. The van der Waals surface area contributed by atoms with E-state index in [2.05, 4.69) is 4.98 Å². The first-order valence-electron chi connectivity index (χ1n) is 5.37. The van der Waals surface area contributed by atoms with Crippen molar-refractivity contribution in [3.05, 3.63) is 53.9 Å². The van der Waals surface area contributed by atoms with E-state index in [4.69, 9.17) is 21.0 Å². The van der Waals surface area contributed by atoms with Gasteiger partial charge < -0.3 is 15.6 Å². The SMILES string of the molecule is N=C(N)c1ccc(Oc2ccc(CO)cc2)cn1. The molecule has 0 atom stereocenters. The Hall–Kier alpha value is -2.40. The Labute approximate surface area is 104 Å². The van der Waals surface area contributed by atoms with Gasteiger partial charge in [0.2, 0.25) is 0 Å². The fourth-order valence-corrected chi connectivity index (χ4v) is 1.40. The van der Waals surface area contributed by atoms with Gasteiger partial charge in [-0.3, -0.25) is 5.41 Å². The molecule has 0 aliphatic carbocycles. The van der Waals surface area contributed by atoms with E-state index in [9.17, 15) is 0 Å². The monoisotopic (exact) mass is 243 g/mol. The normalized spacial score (nSPS) is 10.1. The van der Waals surface area contributed by atoms with Gasteiger partial charge in [-0.05, 0) is 29.8 Å². The second kappa shape index (κ2) is 5.29. The molecule has 5 nitrogen and oxygen atoms in total. The van der Waals surface area contributed by atoms with Crippen LogP contribution >= 0.6 is 0 Å². The Morgan fingerprint density at radius 2 is 1.83 bits per heavy atom. The van der Waals surface area contributed by atoms with Crippen molar-refractivity contribution in [3.8, 4) is 11.5 Å². The molecule has 0 fully saturated rings. The molecule has 0 aliphatic rings. The van der Waals surface area contributed by atoms with E-state index in [0.717, 1.165) is 5.56 Å². The lowest BCUT2D eigenvalue weighted by Gasteiger charge is -2.06. The number of hydrogen-bond acceptors (Lipinski definition) is 4. The summed E-state index contributed by atoms with van der Waals surface area (Å²) in [5.41, 5.74) is 6.55. The number of pyridine rings is 1. The van der Waals surface area contributed by atoms with Gasteiger partial charge in [0.25, 0.3) is 0 Å². The number of hydrogen-bond donors (Lipinski definition) is 3. The molecule has 0 amide bonds. The number of nitrogens with two attached hydrogens (primary N) is 1. The molecule has 2 rings (SSSR count). The Kier molecular flexibility index (Phi) is 3.54. The minimum Gasteiger partial charge on any atom is -0.456 e. The third-order valence-corrected chi connectivity index (χ3v) is 2.35. The number of aromatic nitrogens is 1. The molecule has 92 valence electrons. The number of nitrogens with one attached hydrogen (secondary N) is 1. The number of benzene rings is 1. The van der Waals surface area contributed by atoms with Crippen molar-refractivity contribution in [3.63, 3.8) is 0 Å². The van der Waals surface area contributed by atoms with Crippen LogP contribution in [-0.2, 0) is 6.61 Å². The zero-order valence-corrected chi connectivity index (χ0v) is 9.63. The van der Waals surface area contributed by atoms with Crippen molar-refractivity contribution < 1.29 is 9.84 Å². The van der Waals surface area contributed by atoms with Gasteiger partial charge >= 0.3 is 0 Å². The first-order valence-corrected chi connectivity index (χ1v) is 5.37. The van der Waals surface area contributed by atoms with E-state index in [1.807, 2.05) is 0 Å². The number of nitrogens with zero attached hydrogens (tertiary/aromatic N) is 1. The van der Waals surface area contributed by atoms with Gasteiger partial charge in [0.1, 0.15) is 23.0 Å². The Morgan fingerprint density at radius 3 is 2.33 bits per heavy atom. The van der Waals surface area contributed by atoms with Crippen molar-refractivity contribution >= 4 is 5.84 Å². The smallest absolute Gasteiger partial charge is 0.145 e. The van der Waals surface area contributed by atoms with Gasteiger partial charge in [-0.2, -0.15) is 0 Å². The van der Waals surface area contributed by atoms with Crippen molar-refractivity contribution in [1.82, 2.24) is 4.98 Å². The van der Waals surface area contributed by atoms with E-state index in [0.29, 0.717) is 17.2 Å². The average Bonchev–Trinajstić information content (AvgIpc) is 2.40. The van der Waals surface area contributed by atoms with Gasteiger partial charge in [0.15, 0.2) is 0 Å². The minimum absolute atomic E-state index is 0.00907. The summed E-state index contributed by atoms with van der Waals surface area (Å²) < 4.78 is 5.56. The maximum absolute atomic E-state index is 8.92. The van der Waals surface area contributed by atoms with Crippen LogP contribution in [0.3, 0.4) is 0 Å². The first-order chi connectivity index (χ1) is 8.69. The summed E-state index contributed by atoms with van der Waals surface area (Å²) in [5.74, 6) is 1.15. The molecule has 5 heteroatoms. The molecule has 18 heavy (non-hydrogen) atoms. The standard InChI is InChI=1S/C13H13N3O2/c14-13(15)12-6-5-11(7-16-12)18-10-3-1-9(8-17)2-4-10/h1-7,17H,8H2,(H3,14,15). The van der Waals surface area contributed by atoms with Crippen molar-refractivity contribution in [2.24, 2.45) is 5.73 Å². The van der Waals surface area contributed by atoms with E-state index in [-0.39, 0.29) is 12.4 Å². The molecule has 1 aromatic carbocycles. The molecule has 1 heterocycles. The number of nitrogen functional groups attached to an aromatic ring is 1. The lowest BCUT2D eigenvalue weighted by molar-refractivity contribution is 0.281. The number of ether oxygens (including phenoxy) is 1. The summed E-state index contributed by atoms with van der Waals surface area (Å²) >= 11 is 0. The topological polar surface area (TPSA) is 92.2 Å². The van der Waals surface area contributed by atoms with Crippen LogP contribution in [0, 0.1) is 5.41 Å². The Morgan fingerprint density at radius 1 is 1.17 bits per heavy atom. The molecule has 1 aromatic heterocycles. The van der Waals surface area contributed by atoms with Crippen molar-refractivity contribution in [2.75, 3.05) is 0 Å². The predicted molar refractivity (Wildman–Crippen MR) is 67.7 cm³/mol. The lowest BCUT2D eigenvalue weighted by atomic mass is 10.2. The summed E-state index contributed by atoms with van der Waals surface area (Å²) in [6, 6.07) is 10.4. The summed E-state index contributed by atoms with van der Waals surface area (Å²) in [7, 11) is 0. The number of aliphatic hydroxyl groups excluding tert-OH is 1. The Bertz CT molecular complexity index is 535. The van der Waals surface area contributed by atoms with Crippen LogP contribution in [0.5, 0.6) is 11.5 Å². The van der Waals surface area contributed by atoms with E-state index in [1.165, 1.54) is 6.20 Å². The summed E-state index contributed by atoms with van der Waals surface area (Å²) in [5, 5.41) is 16.1.